The van der Waals surface area contributed by atoms with Crippen LogP contribution in [0.25, 0.3) is 0 Å². The van der Waals surface area contributed by atoms with Gasteiger partial charge in [-0.3, -0.25) is 0 Å². The quantitative estimate of drug-likeness (QED) is 0.675. The second-order valence-electron chi connectivity index (χ2n) is 3.11. The molecule has 1 aliphatic rings. The van der Waals surface area contributed by atoms with Crippen LogP contribution >= 0.6 is 0 Å². The number of hydrogen-bond acceptors (Lipinski definition) is 2. The zero-order valence-electron chi connectivity index (χ0n) is 7.61. The maximum atomic E-state index is 10.6. The molecule has 0 aromatic rings. The Balaban J connectivity index is 2.32. The number of amides is 1. The van der Waals surface area contributed by atoms with Gasteiger partial charge in [0.15, 0.2) is 0 Å². The summed E-state index contributed by atoms with van der Waals surface area (Å²) in [5.74, 6) is 0. The van der Waals surface area contributed by atoms with Crippen molar-refractivity contribution in [2.75, 3.05) is 19.7 Å². The molecule has 0 bridgehead atoms. The minimum Gasteiger partial charge on any atom is -0.465 e. The van der Waals surface area contributed by atoms with Crippen LogP contribution < -0.4 is 0 Å². The van der Waals surface area contributed by atoms with Gasteiger partial charge in [0.25, 0.3) is 0 Å². The molecule has 0 aliphatic carbocycles. The van der Waals surface area contributed by atoms with E-state index in [9.17, 15) is 4.79 Å². The van der Waals surface area contributed by atoms with Gasteiger partial charge in [0.1, 0.15) is 0 Å². The van der Waals surface area contributed by atoms with Crippen LogP contribution in [-0.2, 0) is 4.74 Å². The van der Waals surface area contributed by atoms with Crippen molar-refractivity contribution in [2.45, 2.75) is 18.9 Å². The normalized spacial score (nSPS) is 22.8. The average molecular weight is 185 g/mol. The number of nitrogens with zero attached hydrogens (tertiary/aromatic N) is 1. The number of ether oxygens (including phenoxy) is 1. The standard InChI is InChI=1S/C9H15NO3/c1-2-6-13-8-4-3-5-10(7-8)9(11)12/h2,8H,1,3-7H2,(H,11,12). The van der Waals surface area contributed by atoms with Gasteiger partial charge in [0.2, 0.25) is 0 Å². The van der Waals surface area contributed by atoms with Crippen molar-refractivity contribution in [1.82, 2.24) is 4.90 Å². The van der Waals surface area contributed by atoms with Crippen LogP contribution in [0.15, 0.2) is 12.7 Å². The molecule has 1 unspecified atom stereocenters. The molecule has 1 fully saturated rings. The molecule has 1 atom stereocenters. The van der Waals surface area contributed by atoms with E-state index in [-0.39, 0.29) is 6.10 Å². The molecule has 4 heteroatoms. The minimum atomic E-state index is -0.855. The van der Waals surface area contributed by atoms with Gasteiger partial charge < -0.3 is 14.7 Å². The summed E-state index contributed by atoms with van der Waals surface area (Å²) < 4.78 is 5.39. The monoisotopic (exact) mass is 185 g/mol. The van der Waals surface area contributed by atoms with Crippen molar-refractivity contribution in [3.63, 3.8) is 0 Å². The molecule has 0 aromatic carbocycles. The summed E-state index contributed by atoms with van der Waals surface area (Å²) in [5.41, 5.74) is 0. The van der Waals surface area contributed by atoms with Crippen LogP contribution in [0.1, 0.15) is 12.8 Å². The first-order chi connectivity index (χ1) is 6.24. The van der Waals surface area contributed by atoms with E-state index in [0.29, 0.717) is 19.7 Å². The van der Waals surface area contributed by atoms with Gasteiger partial charge >= 0.3 is 6.09 Å². The Labute approximate surface area is 77.8 Å². The Hall–Kier alpha value is -1.03. The third kappa shape index (κ3) is 3.06. The summed E-state index contributed by atoms with van der Waals surface area (Å²) in [6.07, 6.45) is 2.69. The average Bonchev–Trinajstić information content (AvgIpc) is 2.15. The lowest BCUT2D eigenvalue weighted by molar-refractivity contribution is 0.0164. The van der Waals surface area contributed by atoms with Gasteiger partial charge in [-0.25, -0.2) is 4.79 Å². The molecule has 1 amide bonds. The van der Waals surface area contributed by atoms with Crippen molar-refractivity contribution in [3.8, 4) is 0 Å². The summed E-state index contributed by atoms with van der Waals surface area (Å²) in [5, 5.41) is 8.73. The topological polar surface area (TPSA) is 49.8 Å². The Kier molecular flexibility index (Phi) is 3.76. The van der Waals surface area contributed by atoms with Crippen molar-refractivity contribution in [1.29, 1.82) is 0 Å². The molecule has 1 N–H and O–H groups in total. The molecule has 0 saturated carbocycles. The first kappa shape index (κ1) is 10.1. The highest BCUT2D eigenvalue weighted by atomic mass is 16.5. The van der Waals surface area contributed by atoms with E-state index in [4.69, 9.17) is 9.84 Å². The summed E-state index contributed by atoms with van der Waals surface area (Å²) >= 11 is 0. The fraction of sp³-hybridized carbons (Fsp3) is 0.667. The SMILES string of the molecule is C=CCOC1CCCN(C(=O)O)C1. The van der Waals surface area contributed by atoms with E-state index in [0.717, 1.165) is 12.8 Å². The van der Waals surface area contributed by atoms with Crippen LogP contribution in [0.5, 0.6) is 0 Å². The molecule has 4 nitrogen and oxygen atoms in total. The van der Waals surface area contributed by atoms with Gasteiger partial charge in [0.05, 0.1) is 19.3 Å². The molecule has 0 aromatic heterocycles. The van der Waals surface area contributed by atoms with Crippen molar-refractivity contribution < 1.29 is 14.6 Å². The summed E-state index contributed by atoms with van der Waals surface area (Å²) in [6.45, 7) is 5.16. The van der Waals surface area contributed by atoms with Crippen molar-refractivity contribution in [2.24, 2.45) is 0 Å². The van der Waals surface area contributed by atoms with Crippen LogP contribution in [0, 0.1) is 0 Å². The Bertz CT molecular complexity index is 193. The zero-order valence-corrected chi connectivity index (χ0v) is 7.61. The molecular weight excluding hydrogens is 170 g/mol. The van der Waals surface area contributed by atoms with E-state index >= 15 is 0 Å². The summed E-state index contributed by atoms with van der Waals surface area (Å²) in [6, 6.07) is 0. The second kappa shape index (κ2) is 4.87. The van der Waals surface area contributed by atoms with Crippen LogP contribution in [0.2, 0.25) is 0 Å². The molecule has 0 radical (unpaired) electrons. The molecule has 74 valence electrons. The number of hydrogen-bond donors (Lipinski definition) is 1. The van der Waals surface area contributed by atoms with E-state index in [1.165, 1.54) is 4.90 Å². The molecule has 1 rings (SSSR count). The van der Waals surface area contributed by atoms with Crippen molar-refractivity contribution in [3.05, 3.63) is 12.7 Å². The predicted molar refractivity (Wildman–Crippen MR) is 48.8 cm³/mol. The largest absolute Gasteiger partial charge is 0.465 e. The third-order valence-corrected chi connectivity index (χ3v) is 2.10. The third-order valence-electron chi connectivity index (χ3n) is 2.10. The van der Waals surface area contributed by atoms with Gasteiger partial charge in [-0.1, -0.05) is 6.08 Å². The highest BCUT2D eigenvalue weighted by Crippen LogP contribution is 2.12. The number of rotatable bonds is 3. The van der Waals surface area contributed by atoms with E-state index in [1.807, 2.05) is 0 Å². The number of piperidine rings is 1. The van der Waals surface area contributed by atoms with E-state index < -0.39 is 6.09 Å². The number of carbonyl (C=O) groups is 1. The molecule has 13 heavy (non-hydrogen) atoms. The van der Waals surface area contributed by atoms with Crippen LogP contribution in [-0.4, -0.2) is 41.9 Å². The maximum Gasteiger partial charge on any atom is 0.407 e. The first-order valence-corrected chi connectivity index (χ1v) is 4.44. The molecule has 1 aliphatic heterocycles. The summed E-state index contributed by atoms with van der Waals surface area (Å²) in [7, 11) is 0. The van der Waals surface area contributed by atoms with E-state index in [2.05, 4.69) is 6.58 Å². The molecule has 0 spiro atoms. The fourth-order valence-corrected chi connectivity index (χ4v) is 1.45. The lowest BCUT2D eigenvalue weighted by atomic mass is 10.1. The Morgan fingerprint density at radius 2 is 2.54 bits per heavy atom. The van der Waals surface area contributed by atoms with Crippen LogP contribution in [0.4, 0.5) is 4.79 Å². The summed E-state index contributed by atoms with van der Waals surface area (Å²) in [4.78, 5) is 12.0. The lowest BCUT2D eigenvalue weighted by Crippen LogP contribution is -2.42. The maximum absolute atomic E-state index is 10.6. The smallest absolute Gasteiger partial charge is 0.407 e. The Morgan fingerprint density at radius 3 is 3.15 bits per heavy atom. The predicted octanol–water partition coefficient (Wildman–Crippen LogP) is 1.33. The highest BCUT2D eigenvalue weighted by molar-refractivity contribution is 5.65. The van der Waals surface area contributed by atoms with Gasteiger partial charge in [-0.2, -0.15) is 0 Å². The molecule has 1 saturated heterocycles. The lowest BCUT2D eigenvalue weighted by Gasteiger charge is -2.30. The van der Waals surface area contributed by atoms with E-state index in [1.54, 1.807) is 6.08 Å². The number of carboxylic acid groups (broad SMARTS) is 1. The molecular formula is C9H15NO3. The number of likely N-dealkylation sites (tertiary alicyclic amines) is 1. The minimum absolute atomic E-state index is 0.0443. The Morgan fingerprint density at radius 1 is 1.77 bits per heavy atom. The second-order valence-corrected chi connectivity index (χ2v) is 3.11. The first-order valence-electron chi connectivity index (χ1n) is 4.44. The fourth-order valence-electron chi connectivity index (χ4n) is 1.45. The van der Waals surface area contributed by atoms with Gasteiger partial charge in [0, 0.05) is 6.54 Å². The highest BCUT2D eigenvalue weighted by Gasteiger charge is 2.22. The zero-order chi connectivity index (χ0) is 9.68. The van der Waals surface area contributed by atoms with Crippen molar-refractivity contribution >= 4 is 6.09 Å². The van der Waals surface area contributed by atoms with Crippen LogP contribution in [0.3, 0.4) is 0 Å². The van der Waals surface area contributed by atoms with Gasteiger partial charge in [-0.05, 0) is 12.8 Å². The molecule has 1 heterocycles. The van der Waals surface area contributed by atoms with Gasteiger partial charge in [-0.15, -0.1) is 6.58 Å².